The second kappa shape index (κ2) is 4.52. The van der Waals surface area contributed by atoms with E-state index in [0.717, 1.165) is 6.54 Å². The van der Waals surface area contributed by atoms with E-state index in [1.54, 1.807) is 0 Å². The van der Waals surface area contributed by atoms with Gasteiger partial charge < -0.3 is 5.11 Å². The van der Waals surface area contributed by atoms with Crippen LogP contribution in [0.5, 0.6) is 0 Å². The Morgan fingerprint density at radius 3 is 2.60 bits per heavy atom. The fourth-order valence-corrected chi connectivity index (χ4v) is 2.38. The molecule has 0 amide bonds. The molecular formula is C12H23NO2. The Morgan fingerprint density at radius 1 is 1.53 bits per heavy atom. The highest BCUT2D eigenvalue weighted by Crippen LogP contribution is 2.28. The van der Waals surface area contributed by atoms with Gasteiger partial charge in [0, 0.05) is 12.6 Å². The van der Waals surface area contributed by atoms with Crippen molar-refractivity contribution >= 4 is 5.97 Å². The summed E-state index contributed by atoms with van der Waals surface area (Å²) in [5.74, 6) is -0.0750. The summed E-state index contributed by atoms with van der Waals surface area (Å²) in [7, 11) is 0. The molecule has 0 aromatic carbocycles. The van der Waals surface area contributed by atoms with Crippen molar-refractivity contribution in [2.45, 2.75) is 46.6 Å². The van der Waals surface area contributed by atoms with E-state index in [2.05, 4.69) is 18.7 Å². The van der Waals surface area contributed by atoms with Crippen LogP contribution in [0.2, 0.25) is 0 Å². The maximum absolute atomic E-state index is 11.1. The molecule has 0 saturated carbocycles. The summed E-state index contributed by atoms with van der Waals surface area (Å²) in [6.07, 6.45) is 2.42. The smallest absolute Gasteiger partial charge is 0.310 e. The first kappa shape index (κ1) is 12.5. The fourth-order valence-electron chi connectivity index (χ4n) is 2.38. The number of carbonyl (C=O) groups is 1. The highest BCUT2D eigenvalue weighted by atomic mass is 16.4. The maximum atomic E-state index is 11.1. The highest BCUT2D eigenvalue weighted by molar-refractivity contribution is 5.73. The molecule has 0 aliphatic carbocycles. The van der Waals surface area contributed by atoms with Gasteiger partial charge in [0.15, 0.2) is 0 Å². The van der Waals surface area contributed by atoms with E-state index in [-0.39, 0.29) is 0 Å². The Morgan fingerprint density at radius 2 is 2.13 bits per heavy atom. The summed E-state index contributed by atoms with van der Waals surface area (Å²) >= 11 is 0. The minimum absolute atomic E-state index is 0.573. The van der Waals surface area contributed by atoms with E-state index in [4.69, 9.17) is 5.11 Å². The standard InChI is InChI=1S/C12H23NO2/c1-9(2)10-6-5-7-13(10)8-12(3,4)11(14)15/h9-10H,5-8H2,1-4H3,(H,14,15). The van der Waals surface area contributed by atoms with Gasteiger partial charge in [0.05, 0.1) is 5.41 Å². The van der Waals surface area contributed by atoms with Gasteiger partial charge in [-0.3, -0.25) is 9.69 Å². The van der Waals surface area contributed by atoms with E-state index >= 15 is 0 Å². The van der Waals surface area contributed by atoms with Crippen molar-refractivity contribution < 1.29 is 9.90 Å². The van der Waals surface area contributed by atoms with Crippen LogP contribution < -0.4 is 0 Å². The van der Waals surface area contributed by atoms with Crippen molar-refractivity contribution in [3.8, 4) is 0 Å². The lowest BCUT2D eigenvalue weighted by Gasteiger charge is -2.32. The zero-order chi connectivity index (χ0) is 11.6. The third-order valence-corrected chi connectivity index (χ3v) is 3.36. The zero-order valence-corrected chi connectivity index (χ0v) is 10.3. The molecule has 1 heterocycles. The van der Waals surface area contributed by atoms with Crippen molar-refractivity contribution in [1.82, 2.24) is 4.90 Å². The molecule has 1 N–H and O–H groups in total. The van der Waals surface area contributed by atoms with E-state index in [0.29, 0.717) is 18.5 Å². The number of nitrogens with zero attached hydrogens (tertiary/aromatic N) is 1. The molecule has 3 heteroatoms. The number of rotatable bonds is 4. The monoisotopic (exact) mass is 213 g/mol. The minimum atomic E-state index is -0.697. The van der Waals surface area contributed by atoms with E-state index < -0.39 is 11.4 Å². The lowest BCUT2D eigenvalue weighted by molar-refractivity contribution is -0.148. The highest BCUT2D eigenvalue weighted by Gasteiger charge is 2.35. The van der Waals surface area contributed by atoms with Crippen LogP contribution in [-0.4, -0.2) is 35.1 Å². The average Bonchev–Trinajstić information content (AvgIpc) is 2.51. The molecule has 0 spiro atoms. The number of aliphatic carboxylic acids is 1. The summed E-state index contributed by atoms with van der Waals surface area (Å²) in [5.41, 5.74) is -0.628. The van der Waals surface area contributed by atoms with E-state index in [1.165, 1.54) is 12.8 Å². The molecule has 1 aliphatic rings. The largest absolute Gasteiger partial charge is 0.481 e. The van der Waals surface area contributed by atoms with Crippen molar-refractivity contribution in [2.75, 3.05) is 13.1 Å². The minimum Gasteiger partial charge on any atom is -0.481 e. The van der Waals surface area contributed by atoms with Gasteiger partial charge in [-0.2, -0.15) is 0 Å². The molecule has 0 radical (unpaired) electrons. The molecule has 1 saturated heterocycles. The molecule has 88 valence electrons. The molecular weight excluding hydrogens is 190 g/mol. The van der Waals surface area contributed by atoms with Gasteiger partial charge in [-0.25, -0.2) is 0 Å². The van der Waals surface area contributed by atoms with Crippen LogP contribution in [0, 0.1) is 11.3 Å². The third-order valence-electron chi connectivity index (χ3n) is 3.36. The zero-order valence-electron chi connectivity index (χ0n) is 10.3. The van der Waals surface area contributed by atoms with E-state index in [1.807, 2.05) is 13.8 Å². The molecule has 15 heavy (non-hydrogen) atoms. The van der Waals surface area contributed by atoms with Crippen LogP contribution in [0.4, 0.5) is 0 Å². The predicted octanol–water partition coefficient (Wildman–Crippen LogP) is 2.22. The molecule has 1 aliphatic heterocycles. The summed E-state index contributed by atoms with van der Waals surface area (Å²) < 4.78 is 0. The number of hydrogen-bond donors (Lipinski definition) is 1. The molecule has 1 unspecified atom stereocenters. The molecule has 1 fully saturated rings. The SMILES string of the molecule is CC(C)C1CCCN1CC(C)(C)C(=O)O. The quantitative estimate of drug-likeness (QED) is 0.778. The predicted molar refractivity (Wildman–Crippen MR) is 60.8 cm³/mol. The molecule has 0 bridgehead atoms. The van der Waals surface area contributed by atoms with Crippen molar-refractivity contribution in [3.05, 3.63) is 0 Å². The fraction of sp³-hybridized carbons (Fsp3) is 0.917. The van der Waals surface area contributed by atoms with Gasteiger partial charge >= 0.3 is 5.97 Å². The van der Waals surface area contributed by atoms with Crippen LogP contribution >= 0.6 is 0 Å². The van der Waals surface area contributed by atoms with Gasteiger partial charge in [-0.05, 0) is 39.2 Å². The van der Waals surface area contributed by atoms with Gasteiger partial charge in [0.1, 0.15) is 0 Å². The van der Waals surface area contributed by atoms with Gasteiger partial charge in [-0.1, -0.05) is 13.8 Å². The lowest BCUT2D eigenvalue weighted by Crippen LogP contribution is -2.43. The number of carboxylic acids is 1. The summed E-state index contributed by atoms with van der Waals surface area (Å²) in [5, 5.41) is 9.10. The van der Waals surface area contributed by atoms with Crippen LogP contribution in [0.25, 0.3) is 0 Å². The Labute approximate surface area is 92.5 Å². The van der Waals surface area contributed by atoms with Crippen molar-refractivity contribution in [1.29, 1.82) is 0 Å². The lowest BCUT2D eigenvalue weighted by atomic mass is 9.91. The van der Waals surface area contributed by atoms with E-state index in [9.17, 15) is 4.79 Å². The number of likely N-dealkylation sites (tertiary alicyclic amines) is 1. The van der Waals surface area contributed by atoms with Gasteiger partial charge in [0.2, 0.25) is 0 Å². The number of hydrogen-bond acceptors (Lipinski definition) is 2. The summed E-state index contributed by atoms with van der Waals surface area (Å²) in [6, 6.07) is 0.573. The first-order chi connectivity index (χ1) is 6.84. The average molecular weight is 213 g/mol. The first-order valence-electron chi connectivity index (χ1n) is 5.82. The second-order valence-corrected chi connectivity index (χ2v) is 5.61. The van der Waals surface area contributed by atoms with Gasteiger partial charge in [-0.15, -0.1) is 0 Å². The van der Waals surface area contributed by atoms with Crippen molar-refractivity contribution in [2.24, 2.45) is 11.3 Å². The molecule has 1 rings (SSSR count). The van der Waals surface area contributed by atoms with Crippen LogP contribution in [0.15, 0.2) is 0 Å². The number of carboxylic acid groups (broad SMARTS) is 1. The first-order valence-corrected chi connectivity index (χ1v) is 5.82. The molecule has 3 nitrogen and oxygen atoms in total. The Balaban J connectivity index is 2.61. The molecule has 0 aromatic heterocycles. The van der Waals surface area contributed by atoms with Gasteiger partial charge in [0.25, 0.3) is 0 Å². The maximum Gasteiger partial charge on any atom is 0.310 e. The topological polar surface area (TPSA) is 40.5 Å². The Bertz CT molecular complexity index is 236. The van der Waals surface area contributed by atoms with Crippen LogP contribution in [0.3, 0.4) is 0 Å². The summed E-state index contributed by atoms with van der Waals surface area (Å²) in [4.78, 5) is 13.4. The van der Waals surface area contributed by atoms with Crippen LogP contribution in [0.1, 0.15) is 40.5 Å². The van der Waals surface area contributed by atoms with Crippen molar-refractivity contribution in [3.63, 3.8) is 0 Å². The molecule has 1 atom stereocenters. The Hall–Kier alpha value is -0.570. The second-order valence-electron chi connectivity index (χ2n) is 5.61. The van der Waals surface area contributed by atoms with Crippen LogP contribution in [-0.2, 0) is 4.79 Å². The molecule has 0 aromatic rings. The Kier molecular flexibility index (Phi) is 3.77. The normalized spacial score (nSPS) is 23.7. The summed E-state index contributed by atoms with van der Waals surface area (Å²) in [6.45, 7) is 9.79. The third kappa shape index (κ3) is 2.94.